The zero-order valence-electron chi connectivity index (χ0n) is 27.3. The van der Waals surface area contributed by atoms with Crippen molar-refractivity contribution in [2.45, 2.75) is 0 Å². The Morgan fingerprint density at radius 1 is 0.300 bits per heavy atom. The standard InChI is InChI=1S/C48H31NO/c1-3-14-41-33(9-1)11-8-17-43(41)36-13-7-12-35(29-36)32-21-23-38(24-22-32)49(40-26-28-46-45-16-5-6-18-47(45)50-48(46)31-40)39-25-27-44-37(30-39)20-19-34-10-2-4-15-42(34)44/h1-31H. The fourth-order valence-electron chi connectivity index (χ4n) is 7.59. The quantitative estimate of drug-likeness (QED) is 0.175. The van der Waals surface area contributed by atoms with Crippen LogP contribution in [0.4, 0.5) is 17.1 Å². The average Bonchev–Trinajstić information content (AvgIpc) is 3.56. The fraction of sp³-hybridized carbons (Fsp3) is 0. The molecule has 0 radical (unpaired) electrons. The molecule has 0 aliphatic heterocycles. The van der Waals surface area contributed by atoms with Gasteiger partial charge in [0.15, 0.2) is 0 Å². The van der Waals surface area contributed by atoms with Crippen LogP contribution in [0.25, 0.3) is 76.5 Å². The smallest absolute Gasteiger partial charge is 0.137 e. The Hall–Kier alpha value is -6.64. The second-order valence-electron chi connectivity index (χ2n) is 13.0. The van der Waals surface area contributed by atoms with Crippen LogP contribution < -0.4 is 4.90 Å². The molecule has 0 atom stereocenters. The molecule has 0 aliphatic rings. The highest BCUT2D eigenvalue weighted by molar-refractivity contribution is 6.09. The van der Waals surface area contributed by atoms with Gasteiger partial charge in [-0.25, -0.2) is 0 Å². The van der Waals surface area contributed by atoms with Crippen LogP contribution in [0.2, 0.25) is 0 Å². The Morgan fingerprint density at radius 2 is 0.880 bits per heavy atom. The molecular formula is C48H31NO. The molecule has 10 aromatic rings. The van der Waals surface area contributed by atoms with Gasteiger partial charge in [0.1, 0.15) is 11.2 Å². The summed E-state index contributed by atoms with van der Waals surface area (Å²) in [6, 6.07) is 67.6. The van der Waals surface area contributed by atoms with Crippen molar-refractivity contribution in [2.75, 3.05) is 4.90 Å². The minimum atomic E-state index is 0.877. The Morgan fingerprint density at radius 3 is 1.74 bits per heavy atom. The van der Waals surface area contributed by atoms with E-state index in [2.05, 4.69) is 181 Å². The number of anilines is 3. The van der Waals surface area contributed by atoms with Gasteiger partial charge in [-0.1, -0.05) is 133 Å². The monoisotopic (exact) mass is 637 g/mol. The first-order chi connectivity index (χ1) is 24.8. The summed E-state index contributed by atoms with van der Waals surface area (Å²) in [4.78, 5) is 2.33. The highest BCUT2D eigenvalue weighted by atomic mass is 16.3. The van der Waals surface area contributed by atoms with E-state index in [-0.39, 0.29) is 0 Å². The number of nitrogens with zero attached hydrogens (tertiary/aromatic N) is 1. The second kappa shape index (κ2) is 11.5. The maximum Gasteiger partial charge on any atom is 0.137 e. The molecule has 50 heavy (non-hydrogen) atoms. The van der Waals surface area contributed by atoms with E-state index >= 15 is 0 Å². The topological polar surface area (TPSA) is 16.4 Å². The molecule has 0 saturated heterocycles. The summed E-state index contributed by atoms with van der Waals surface area (Å²) in [5.41, 5.74) is 9.82. The normalized spacial score (nSPS) is 11.6. The van der Waals surface area contributed by atoms with Gasteiger partial charge < -0.3 is 9.32 Å². The molecule has 0 spiro atoms. The molecule has 1 aromatic heterocycles. The SMILES string of the molecule is c1cc(-c2ccc(N(c3ccc4c(ccc5ccccc54)c3)c3ccc4c(c3)oc3ccccc34)cc2)cc(-c2cccc3ccccc23)c1. The molecule has 10 rings (SSSR count). The first kappa shape index (κ1) is 28.4. The predicted molar refractivity (Wildman–Crippen MR) is 212 cm³/mol. The average molecular weight is 638 g/mol. The van der Waals surface area contributed by atoms with Crippen LogP contribution in [0, 0.1) is 0 Å². The number of rotatable bonds is 5. The number of hydrogen-bond donors (Lipinski definition) is 0. The zero-order valence-corrected chi connectivity index (χ0v) is 27.3. The third-order valence-electron chi connectivity index (χ3n) is 10.0. The van der Waals surface area contributed by atoms with Crippen molar-refractivity contribution in [2.24, 2.45) is 0 Å². The van der Waals surface area contributed by atoms with Crippen LogP contribution >= 0.6 is 0 Å². The summed E-state index contributed by atoms with van der Waals surface area (Å²) in [6.45, 7) is 0. The highest BCUT2D eigenvalue weighted by Gasteiger charge is 2.17. The van der Waals surface area contributed by atoms with Gasteiger partial charge >= 0.3 is 0 Å². The molecule has 2 nitrogen and oxygen atoms in total. The summed E-state index contributed by atoms with van der Waals surface area (Å²) in [7, 11) is 0. The predicted octanol–water partition coefficient (Wildman–Crippen LogP) is 13.8. The fourth-order valence-corrected chi connectivity index (χ4v) is 7.59. The van der Waals surface area contributed by atoms with E-state index in [0.717, 1.165) is 39.0 Å². The van der Waals surface area contributed by atoms with Gasteiger partial charge in [-0.3, -0.25) is 0 Å². The molecule has 0 saturated carbocycles. The van der Waals surface area contributed by atoms with E-state index in [4.69, 9.17) is 4.42 Å². The third-order valence-corrected chi connectivity index (χ3v) is 10.0. The van der Waals surface area contributed by atoms with E-state index in [0.29, 0.717) is 0 Å². The van der Waals surface area contributed by atoms with Crippen molar-refractivity contribution in [3.8, 4) is 22.3 Å². The van der Waals surface area contributed by atoms with Crippen molar-refractivity contribution in [1.82, 2.24) is 0 Å². The Labute approximate surface area is 290 Å². The minimum Gasteiger partial charge on any atom is -0.456 e. The summed E-state index contributed by atoms with van der Waals surface area (Å²) in [6.07, 6.45) is 0. The Kier molecular flexibility index (Phi) is 6.53. The summed E-state index contributed by atoms with van der Waals surface area (Å²) < 4.78 is 6.36. The van der Waals surface area contributed by atoms with Crippen molar-refractivity contribution in [1.29, 1.82) is 0 Å². The lowest BCUT2D eigenvalue weighted by molar-refractivity contribution is 0.669. The molecular weight excluding hydrogens is 607 g/mol. The molecule has 2 heteroatoms. The third kappa shape index (κ3) is 4.73. The lowest BCUT2D eigenvalue weighted by Gasteiger charge is -2.26. The Balaban J connectivity index is 1.09. The number of furan rings is 1. The van der Waals surface area contributed by atoms with E-state index in [1.54, 1.807) is 0 Å². The summed E-state index contributed by atoms with van der Waals surface area (Å²) in [5.74, 6) is 0. The number of benzene rings is 9. The van der Waals surface area contributed by atoms with Crippen molar-refractivity contribution >= 4 is 71.3 Å². The maximum atomic E-state index is 6.36. The van der Waals surface area contributed by atoms with E-state index < -0.39 is 0 Å². The first-order valence-corrected chi connectivity index (χ1v) is 17.1. The van der Waals surface area contributed by atoms with Crippen LogP contribution in [0.5, 0.6) is 0 Å². The van der Waals surface area contributed by atoms with Gasteiger partial charge in [-0.2, -0.15) is 0 Å². The number of fused-ring (bicyclic) bond motifs is 7. The molecule has 1 heterocycles. The molecule has 0 unspecified atom stereocenters. The molecule has 0 fully saturated rings. The molecule has 0 bridgehead atoms. The van der Waals surface area contributed by atoms with Gasteiger partial charge in [0.25, 0.3) is 0 Å². The molecule has 0 N–H and O–H groups in total. The van der Waals surface area contributed by atoms with Crippen molar-refractivity contribution in [3.63, 3.8) is 0 Å². The van der Waals surface area contributed by atoms with Crippen LogP contribution in [-0.4, -0.2) is 0 Å². The maximum absolute atomic E-state index is 6.36. The second-order valence-corrected chi connectivity index (χ2v) is 13.0. The van der Waals surface area contributed by atoms with Gasteiger partial charge in [0.2, 0.25) is 0 Å². The molecule has 0 amide bonds. The number of hydrogen-bond acceptors (Lipinski definition) is 2. The Bertz CT molecular complexity index is 2870. The van der Waals surface area contributed by atoms with Crippen molar-refractivity contribution < 1.29 is 4.42 Å². The van der Waals surface area contributed by atoms with Crippen molar-refractivity contribution in [3.05, 3.63) is 188 Å². The molecule has 234 valence electrons. The highest BCUT2D eigenvalue weighted by Crippen LogP contribution is 2.41. The van der Waals surface area contributed by atoms with E-state index in [1.807, 2.05) is 12.1 Å². The molecule has 9 aromatic carbocycles. The van der Waals surface area contributed by atoms with E-state index in [1.165, 1.54) is 54.6 Å². The van der Waals surface area contributed by atoms with Crippen LogP contribution in [0.3, 0.4) is 0 Å². The van der Waals surface area contributed by atoms with Crippen LogP contribution in [0.15, 0.2) is 192 Å². The zero-order chi connectivity index (χ0) is 33.0. The summed E-state index contributed by atoms with van der Waals surface area (Å²) >= 11 is 0. The van der Waals surface area contributed by atoms with E-state index in [9.17, 15) is 0 Å². The van der Waals surface area contributed by atoms with Crippen LogP contribution in [-0.2, 0) is 0 Å². The lowest BCUT2D eigenvalue weighted by atomic mass is 9.95. The van der Waals surface area contributed by atoms with Gasteiger partial charge in [-0.05, 0) is 103 Å². The van der Waals surface area contributed by atoms with Crippen LogP contribution in [0.1, 0.15) is 0 Å². The lowest BCUT2D eigenvalue weighted by Crippen LogP contribution is -2.09. The summed E-state index contributed by atoms with van der Waals surface area (Å²) in [5, 5.41) is 9.75. The number of para-hydroxylation sites is 1. The first-order valence-electron chi connectivity index (χ1n) is 17.1. The minimum absolute atomic E-state index is 0.877. The van der Waals surface area contributed by atoms with Gasteiger partial charge in [0.05, 0.1) is 0 Å². The molecule has 0 aliphatic carbocycles. The van der Waals surface area contributed by atoms with Gasteiger partial charge in [0, 0.05) is 33.9 Å². The van der Waals surface area contributed by atoms with Gasteiger partial charge in [-0.15, -0.1) is 0 Å². The largest absolute Gasteiger partial charge is 0.456 e.